The lowest BCUT2D eigenvalue weighted by atomic mass is 9.78. The van der Waals surface area contributed by atoms with Crippen molar-refractivity contribution in [3.05, 3.63) is 10.8 Å². The van der Waals surface area contributed by atoms with Crippen molar-refractivity contribution in [2.75, 3.05) is 17.2 Å². The Morgan fingerprint density at radius 2 is 2.06 bits per heavy atom. The first-order valence-corrected chi connectivity index (χ1v) is 6.46. The minimum absolute atomic E-state index is 0.209. The second kappa shape index (κ2) is 4.57. The van der Waals surface area contributed by atoms with Crippen LogP contribution in [-0.4, -0.2) is 22.1 Å². The Morgan fingerprint density at radius 1 is 1.38 bits per heavy atom. The Kier molecular flexibility index (Phi) is 3.33. The molecule has 0 saturated heterocycles. The summed E-state index contributed by atoms with van der Waals surface area (Å²) in [4.78, 5) is 8.47. The van der Waals surface area contributed by atoms with E-state index in [2.05, 4.69) is 50.4 Å². The number of nitrogens with zero attached hydrogens (tertiary/aromatic N) is 2. The third-order valence-corrected chi connectivity index (χ3v) is 3.76. The third kappa shape index (κ3) is 2.29. The predicted octanol–water partition coefficient (Wildman–Crippen LogP) is 3.03. The molecule has 88 valence electrons. The zero-order valence-electron chi connectivity index (χ0n) is 9.68. The van der Waals surface area contributed by atoms with Crippen molar-refractivity contribution in [3.63, 3.8) is 0 Å². The summed E-state index contributed by atoms with van der Waals surface area (Å²) in [7, 11) is 0. The van der Waals surface area contributed by atoms with E-state index >= 15 is 0 Å². The van der Waals surface area contributed by atoms with Gasteiger partial charge in [-0.2, -0.15) is 0 Å². The van der Waals surface area contributed by atoms with Gasteiger partial charge >= 0.3 is 0 Å². The summed E-state index contributed by atoms with van der Waals surface area (Å²) in [6.45, 7) is 5.14. The SMILES string of the molecule is CCNc1ncnc(NC2(C)CCC2)c1Br. The topological polar surface area (TPSA) is 49.8 Å². The number of rotatable bonds is 4. The van der Waals surface area contributed by atoms with Gasteiger partial charge in [-0.25, -0.2) is 9.97 Å². The van der Waals surface area contributed by atoms with Gasteiger partial charge in [0, 0.05) is 12.1 Å². The fourth-order valence-corrected chi connectivity index (χ4v) is 2.31. The average Bonchev–Trinajstić information content (AvgIpc) is 2.22. The lowest BCUT2D eigenvalue weighted by Gasteiger charge is -2.39. The maximum Gasteiger partial charge on any atom is 0.146 e. The summed E-state index contributed by atoms with van der Waals surface area (Å²) in [5, 5.41) is 6.68. The van der Waals surface area contributed by atoms with E-state index < -0.39 is 0 Å². The van der Waals surface area contributed by atoms with Crippen LogP contribution in [0.1, 0.15) is 33.1 Å². The Hall–Kier alpha value is -0.840. The van der Waals surface area contributed by atoms with Gasteiger partial charge in [0.25, 0.3) is 0 Å². The summed E-state index contributed by atoms with van der Waals surface area (Å²) in [6.07, 6.45) is 5.30. The molecule has 0 aromatic carbocycles. The fourth-order valence-electron chi connectivity index (χ4n) is 1.87. The van der Waals surface area contributed by atoms with Crippen molar-refractivity contribution in [2.45, 2.75) is 38.6 Å². The van der Waals surface area contributed by atoms with E-state index in [-0.39, 0.29) is 5.54 Å². The molecule has 0 unspecified atom stereocenters. The molecule has 1 aromatic rings. The molecule has 1 heterocycles. The molecule has 1 aliphatic rings. The molecule has 1 saturated carbocycles. The molecule has 2 N–H and O–H groups in total. The van der Waals surface area contributed by atoms with Crippen LogP contribution in [0.3, 0.4) is 0 Å². The zero-order chi connectivity index (χ0) is 11.6. The molecule has 5 heteroatoms. The van der Waals surface area contributed by atoms with Crippen LogP contribution >= 0.6 is 15.9 Å². The quantitative estimate of drug-likeness (QED) is 0.892. The van der Waals surface area contributed by atoms with Crippen molar-refractivity contribution in [1.82, 2.24) is 9.97 Å². The van der Waals surface area contributed by atoms with E-state index in [1.165, 1.54) is 19.3 Å². The lowest BCUT2D eigenvalue weighted by molar-refractivity contribution is 0.305. The molecule has 0 amide bonds. The lowest BCUT2D eigenvalue weighted by Crippen LogP contribution is -2.42. The largest absolute Gasteiger partial charge is 0.369 e. The second-order valence-electron chi connectivity index (χ2n) is 4.45. The van der Waals surface area contributed by atoms with Crippen LogP contribution in [0.2, 0.25) is 0 Å². The number of hydrogen-bond donors (Lipinski definition) is 2. The normalized spacial score (nSPS) is 17.7. The van der Waals surface area contributed by atoms with Crippen LogP contribution in [0.15, 0.2) is 10.8 Å². The molecule has 4 nitrogen and oxygen atoms in total. The molecule has 0 spiro atoms. The minimum atomic E-state index is 0.209. The minimum Gasteiger partial charge on any atom is -0.369 e. The van der Waals surface area contributed by atoms with Gasteiger partial charge in [-0.15, -0.1) is 0 Å². The summed E-state index contributed by atoms with van der Waals surface area (Å²) >= 11 is 3.54. The molecular formula is C11H17BrN4. The van der Waals surface area contributed by atoms with Crippen LogP contribution in [0.25, 0.3) is 0 Å². The molecular weight excluding hydrogens is 268 g/mol. The monoisotopic (exact) mass is 284 g/mol. The van der Waals surface area contributed by atoms with E-state index in [0.717, 1.165) is 22.7 Å². The van der Waals surface area contributed by atoms with Gasteiger partial charge in [-0.05, 0) is 49.0 Å². The van der Waals surface area contributed by atoms with Gasteiger partial charge in [-0.1, -0.05) is 0 Å². The first-order valence-electron chi connectivity index (χ1n) is 5.67. The first-order chi connectivity index (χ1) is 7.64. The Labute approximate surface area is 104 Å². The van der Waals surface area contributed by atoms with E-state index in [9.17, 15) is 0 Å². The van der Waals surface area contributed by atoms with Crippen molar-refractivity contribution in [3.8, 4) is 0 Å². The second-order valence-corrected chi connectivity index (χ2v) is 5.25. The van der Waals surface area contributed by atoms with Gasteiger partial charge < -0.3 is 10.6 Å². The van der Waals surface area contributed by atoms with E-state index in [4.69, 9.17) is 0 Å². The van der Waals surface area contributed by atoms with E-state index in [1.54, 1.807) is 6.33 Å². The molecule has 0 aliphatic heterocycles. The molecule has 1 aromatic heterocycles. The van der Waals surface area contributed by atoms with Crippen LogP contribution in [0, 0.1) is 0 Å². The highest BCUT2D eigenvalue weighted by molar-refractivity contribution is 9.10. The average molecular weight is 285 g/mol. The van der Waals surface area contributed by atoms with E-state index in [0.29, 0.717) is 0 Å². The summed E-state index contributed by atoms with van der Waals surface area (Å²) in [6, 6.07) is 0. The van der Waals surface area contributed by atoms with E-state index in [1.807, 2.05) is 0 Å². The predicted molar refractivity (Wildman–Crippen MR) is 69.8 cm³/mol. The highest BCUT2D eigenvalue weighted by Gasteiger charge is 2.32. The fraction of sp³-hybridized carbons (Fsp3) is 0.636. The Morgan fingerprint density at radius 3 is 2.62 bits per heavy atom. The smallest absolute Gasteiger partial charge is 0.146 e. The molecule has 1 aliphatic carbocycles. The highest BCUT2D eigenvalue weighted by Crippen LogP contribution is 2.37. The van der Waals surface area contributed by atoms with Crippen LogP contribution < -0.4 is 10.6 Å². The number of anilines is 2. The molecule has 0 atom stereocenters. The number of aromatic nitrogens is 2. The summed E-state index contributed by atoms with van der Waals surface area (Å²) in [5.74, 6) is 1.73. The zero-order valence-corrected chi connectivity index (χ0v) is 11.3. The van der Waals surface area contributed by atoms with Crippen molar-refractivity contribution in [1.29, 1.82) is 0 Å². The maximum atomic E-state index is 4.28. The third-order valence-electron chi connectivity index (χ3n) is 3.01. The van der Waals surface area contributed by atoms with Gasteiger partial charge in [0.1, 0.15) is 22.4 Å². The number of hydrogen-bond acceptors (Lipinski definition) is 4. The number of halogens is 1. The van der Waals surface area contributed by atoms with Crippen molar-refractivity contribution >= 4 is 27.6 Å². The molecule has 1 fully saturated rings. The van der Waals surface area contributed by atoms with Crippen LogP contribution in [-0.2, 0) is 0 Å². The first kappa shape index (κ1) is 11.6. The van der Waals surface area contributed by atoms with Crippen LogP contribution in [0.4, 0.5) is 11.6 Å². The van der Waals surface area contributed by atoms with Crippen molar-refractivity contribution in [2.24, 2.45) is 0 Å². The highest BCUT2D eigenvalue weighted by atomic mass is 79.9. The van der Waals surface area contributed by atoms with Gasteiger partial charge in [0.2, 0.25) is 0 Å². The number of nitrogens with one attached hydrogen (secondary N) is 2. The molecule has 16 heavy (non-hydrogen) atoms. The molecule has 0 bridgehead atoms. The molecule has 0 radical (unpaired) electrons. The maximum absolute atomic E-state index is 4.28. The molecule has 2 rings (SSSR count). The Bertz CT molecular complexity index is 376. The summed E-state index contributed by atoms with van der Waals surface area (Å²) < 4.78 is 0.921. The van der Waals surface area contributed by atoms with Gasteiger partial charge in [0.15, 0.2) is 0 Å². The van der Waals surface area contributed by atoms with Crippen molar-refractivity contribution < 1.29 is 0 Å². The van der Waals surface area contributed by atoms with Gasteiger partial charge in [0.05, 0.1) is 0 Å². The summed E-state index contributed by atoms with van der Waals surface area (Å²) in [5.41, 5.74) is 0.209. The van der Waals surface area contributed by atoms with Gasteiger partial charge in [-0.3, -0.25) is 0 Å². The Balaban J connectivity index is 2.17. The standard InChI is InChI=1S/C11H17BrN4/c1-3-13-9-8(12)10(15-7-14-9)16-11(2)5-4-6-11/h7H,3-6H2,1-2H3,(H2,13,14,15,16). The van der Waals surface area contributed by atoms with Crippen LogP contribution in [0.5, 0.6) is 0 Å².